The molecule has 3 fully saturated rings. The molecule has 3 nitrogen and oxygen atoms in total. The van der Waals surface area contributed by atoms with Gasteiger partial charge in [-0.05, 0) is 6.92 Å². The van der Waals surface area contributed by atoms with Gasteiger partial charge in [-0.25, -0.2) is 0 Å². The zero-order valence-corrected chi connectivity index (χ0v) is 9.73. The number of hydrogen-bond acceptors (Lipinski definition) is 3. The second kappa shape index (κ2) is 3.33. The van der Waals surface area contributed by atoms with E-state index in [4.69, 9.17) is 14.0 Å². The maximum Gasteiger partial charge on any atom is 0.409 e. The van der Waals surface area contributed by atoms with E-state index in [2.05, 4.69) is 19.9 Å². The van der Waals surface area contributed by atoms with Crippen LogP contribution < -0.4 is 5.46 Å². The molecule has 3 heterocycles. The van der Waals surface area contributed by atoms with Crippen LogP contribution in [0.5, 0.6) is 0 Å². The van der Waals surface area contributed by atoms with Gasteiger partial charge in [0.25, 0.3) is 0 Å². The molecule has 0 spiro atoms. The fourth-order valence-electron chi connectivity index (χ4n) is 2.45. The van der Waals surface area contributed by atoms with Crippen molar-refractivity contribution in [2.45, 2.75) is 13.8 Å². The Labute approximate surface area is 95.7 Å². The summed E-state index contributed by atoms with van der Waals surface area (Å²) in [6, 6.07) is 8.10. The number of aryl methyl sites for hydroxylation is 1. The summed E-state index contributed by atoms with van der Waals surface area (Å²) < 4.78 is 17.6. The summed E-state index contributed by atoms with van der Waals surface area (Å²) in [5, 5.41) is 0. The van der Waals surface area contributed by atoms with Crippen molar-refractivity contribution >= 4 is 12.2 Å². The lowest BCUT2D eigenvalue weighted by atomic mass is 9.63. The summed E-state index contributed by atoms with van der Waals surface area (Å²) in [7, 11) is 0. The smallest absolute Gasteiger partial charge is 0.409 e. The zero-order valence-electron chi connectivity index (χ0n) is 9.73. The van der Waals surface area contributed by atoms with E-state index in [0.29, 0.717) is 0 Å². The predicted octanol–water partition coefficient (Wildman–Crippen LogP) is 1.22. The Morgan fingerprint density at radius 3 is 2.19 bits per heavy atom. The summed E-state index contributed by atoms with van der Waals surface area (Å²) in [4.78, 5) is 0. The molecule has 0 unspecified atom stereocenters. The molecule has 0 aromatic heterocycles. The van der Waals surface area contributed by atoms with Gasteiger partial charge in [-0.3, -0.25) is 0 Å². The lowest BCUT2D eigenvalue weighted by molar-refractivity contribution is -0.119. The van der Waals surface area contributed by atoms with Crippen LogP contribution in [0.4, 0.5) is 0 Å². The Kier molecular flexibility index (Phi) is 2.15. The molecule has 0 atom stereocenters. The van der Waals surface area contributed by atoms with Gasteiger partial charge < -0.3 is 14.0 Å². The van der Waals surface area contributed by atoms with Crippen molar-refractivity contribution in [3.8, 4) is 0 Å². The van der Waals surface area contributed by atoms with E-state index < -0.39 is 6.75 Å². The van der Waals surface area contributed by atoms with Crippen molar-refractivity contribution in [2.75, 3.05) is 19.8 Å². The lowest BCUT2D eigenvalue weighted by Gasteiger charge is -2.58. The second-order valence-electron chi connectivity index (χ2n) is 5.24. The molecule has 1 aromatic carbocycles. The molecule has 1 aromatic rings. The van der Waals surface area contributed by atoms with Crippen molar-refractivity contribution < 1.29 is 14.0 Å². The highest BCUT2D eigenvalue weighted by atomic mass is 16.8. The van der Waals surface area contributed by atoms with Crippen molar-refractivity contribution in [2.24, 2.45) is 5.41 Å². The van der Waals surface area contributed by atoms with Crippen LogP contribution in [0.25, 0.3) is 0 Å². The lowest BCUT2D eigenvalue weighted by Crippen LogP contribution is -2.69. The standard InChI is InChI=1S/C12H16BO3/c1-10-5-3-4-6-11(10)13-14-7-12(2,8-15-13)9-16-13/h3-6H,7-9H2,1-2H3/q-1. The van der Waals surface area contributed by atoms with Crippen molar-refractivity contribution in [1.82, 2.24) is 0 Å². The molecule has 0 amide bonds. The van der Waals surface area contributed by atoms with Crippen molar-refractivity contribution in [3.05, 3.63) is 29.8 Å². The first kappa shape index (κ1) is 10.3. The number of hydrogen-bond donors (Lipinski definition) is 0. The quantitative estimate of drug-likeness (QED) is 0.664. The summed E-state index contributed by atoms with van der Waals surface area (Å²) in [6.45, 7) is 4.68. The largest absolute Gasteiger partial charge is 0.540 e. The van der Waals surface area contributed by atoms with Gasteiger partial charge in [0, 0.05) is 25.2 Å². The van der Waals surface area contributed by atoms with Crippen LogP contribution >= 0.6 is 0 Å². The summed E-state index contributed by atoms with van der Waals surface area (Å²) >= 11 is 0. The molecule has 4 heteroatoms. The Hall–Kier alpha value is -0.835. The van der Waals surface area contributed by atoms with Crippen molar-refractivity contribution in [1.29, 1.82) is 0 Å². The van der Waals surface area contributed by atoms with Crippen LogP contribution in [0, 0.1) is 12.3 Å². The third kappa shape index (κ3) is 1.41. The Morgan fingerprint density at radius 2 is 1.62 bits per heavy atom. The topological polar surface area (TPSA) is 27.7 Å². The fourth-order valence-corrected chi connectivity index (χ4v) is 2.45. The average Bonchev–Trinajstić information content (AvgIpc) is 2.31. The highest BCUT2D eigenvalue weighted by Crippen LogP contribution is 2.35. The third-order valence-corrected chi connectivity index (χ3v) is 3.52. The molecular formula is C12H16BO3-. The van der Waals surface area contributed by atoms with Gasteiger partial charge in [0.2, 0.25) is 0 Å². The molecule has 0 N–H and O–H groups in total. The van der Waals surface area contributed by atoms with Crippen LogP contribution in [-0.4, -0.2) is 26.6 Å². The molecule has 2 bridgehead atoms. The van der Waals surface area contributed by atoms with Crippen LogP contribution in [0.3, 0.4) is 0 Å². The molecule has 86 valence electrons. The van der Waals surface area contributed by atoms with Gasteiger partial charge in [-0.15, -0.1) is 5.46 Å². The normalized spacial score (nSPS) is 37.6. The minimum absolute atomic E-state index is 0.0339. The van der Waals surface area contributed by atoms with E-state index in [1.807, 2.05) is 18.2 Å². The molecule has 3 saturated heterocycles. The predicted molar refractivity (Wildman–Crippen MR) is 62.5 cm³/mol. The number of benzene rings is 1. The Morgan fingerprint density at radius 1 is 1.06 bits per heavy atom. The van der Waals surface area contributed by atoms with Gasteiger partial charge in [-0.2, -0.15) is 0 Å². The van der Waals surface area contributed by atoms with Gasteiger partial charge in [-0.1, -0.05) is 36.8 Å². The van der Waals surface area contributed by atoms with E-state index >= 15 is 0 Å². The SMILES string of the molecule is Cc1ccccc1[B-]12OCC(C)(CO1)CO2. The van der Waals surface area contributed by atoms with E-state index in [0.717, 1.165) is 30.8 Å². The van der Waals surface area contributed by atoms with Crippen LogP contribution in [0.1, 0.15) is 12.5 Å². The fraction of sp³-hybridized carbons (Fsp3) is 0.500. The average molecular weight is 219 g/mol. The first-order chi connectivity index (χ1) is 7.64. The monoisotopic (exact) mass is 219 g/mol. The highest BCUT2D eigenvalue weighted by Gasteiger charge is 2.47. The molecule has 0 saturated carbocycles. The molecular weight excluding hydrogens is 203 g/mol. The minimum Gasteiger partial charge on any atom is -0.540 e. The maximum absolute atomic E-state index is 5.85. The third-order valence-electron chi connectivity index (χ3n) is 3.52. The van der Waals surface area contributed by atoms with Crippen molar-refractivity contribution in [3.63, 3.8) is 0 Å². The summed E-state index contributed by atoms with van der Waals surface area (Å²) in [5.74, 6) is 0. The number of fused-ring (bicyclic) bond motifs is 3. The molecule has 0 aliphatic carbocycles. The van der Waals surface area contributed by atoms with Crippen LogP contribution in [-0.2, 0) is 14.0 Å². The highest BCUT2D eigenvalue weighted by molar-refractivity contribution is 6.76. The molecule has 3 aliphatic heterocycles. The van der Waals surface area contributed by atoms with Crippen LogP contribution in [0.2, 0.25) is 0 Å². The molecule has 16 heavy (non-hydrogen) atoms. The zero-order chi connectivity index (χ0) is 11.2. The Balaban J connectivity index is 1.99. The van der Waals surface area contributed by atoms with E-state index in [9.17, 15) is 0 Å². The molecule has 0 radical (unpaired) electrons. The van der Waals surface area contributed by atoms with Gasteiger partial charge in [0.1, 0.15) is 0 Å². The van der Waals surface area contributed by atoms with E-state index in [1.54, 1.807) is 0 Å². The maximum atomic E-state index is 5.85. The van der Waals surface area contributed by atoms with E-state index in [1.165, 1.54) is 0 Å². The van der Waals surface area contributed by atoms with Gasteiger partial charge in [0.05, 0.1) is 0 Å². The van der Waals surface area contributed by atoms with Gasteiger partial charge >= 0.3 is 6.75 Å². The first-order valence-corrected chi connectivity index (χ1v) is 5.75. The first-order valence-electron chi connectivity index (χ1n) is 5.75. The molecule has 4 rings (SSSR count). The van der Waals surface area contributed by atoms with E-state index in [-0.39, 0.29) is 5.41 Å². The second-order valence-corrected chi connectivity index (χ2v) is 5.24. The number of rotatable bonds is 1. The summed E-state index contributed by atoms with van der Waals surface area (Å²) in [6.07, 6.45) is 0. The minimum atomic E-state index is -1.68. The van der Waals surface area contributed by atoms with Crippen LogP contribution in [0.15, 0.2) is 24.3 Å². The summed E-state index contributed by atoms with van der Waals surface area (Å²) in [5.41, 5.74) is 2.24. The Bertz CT molecular complexity index is 394. The van der Waals surface area contributed by atoms with Gasteiger partial charge in [0.15, 0.2) is 0 Å². The molecule has 3 aliphatic rings.